The van der Waals surface area contributed by atoms with Gasteiger partial charge in [0.2, 0.25) is 0 Å². The normalized spacial score (nSPS) is 16.0. The summed E-state index contributed by atoms with van der Waals surface area (Å²) in [6.45, 7) is 0. The maximum absolute atomic E-state index is 9.93. The molecule has 1 aromatic carbocycles. The molecule has 2 nitrogen and oxygen atoms in total. The summed E-state index contributed by atoms with van der Waals surface area (Å²) < 4.78 is 0. The average Bonchev–Trinajstić information content (AvgIpc) is 2.28. The molecule has 0 radical (unpaired) electrons. The Bertz CT molecular complexity index is 383. The second kappa shape index (κ2) is 3.98. The fourth-order valence-electron chi connectivity index (χ4n) is 1.13. The predicted octanol–water partition coefficient (Wildman–Crippen LogP) is 0.502. The predicted molar refractivity (Wildman–Crippen MR) is 54.0 cm³/mol. The summed E-state index contributed by atoms with van der Waals surface area (Å²) in [5.74, 6) is 4.13. The third kappa shape index (κ3) is 1.63. The lowest BCUT2D eigenvalue weighted by atomic mass is 9.89. The maximum atomic E-state index is 9.93. The molecule has 0 amide bonds. The van der Waals surface area contributed by atoms with E-state index >= 15 is 0 Å². The van der Waals surface area contributed by atoms with Crippen LogP contribution in [0.3, 0.4) is 0 Å². The zero-order valence-electron chi connectivity index (χ0n) is 7.51. The number of rotatable bonds is 2. The number of terminal acetylenes is 2. The van der Waals surface area contributed by atoms with Crippen LogP contribution in [0.15, 0.2) is 30.3 Å². The molecule has 0 aliphatic rings. The highest BCUT2D eigenvalue weighted by Crippen LogP contribution is 2.23. The van der Waals surface area contributed by atoms with Crippen molar-refractivity contribution in [2.45, 2.75) is 11.7 Å². The van der Waals surface area contributed by atoms with Crippen LogP contribution in [0.4, 0.5) is 0 Å². The fraction of sp³-hybridized carbons (Fsp3) is 0.167. The van der Waals surface area contributed by atoms with Gasteiger partial charge in [0, 0.05) is 0 Å². The highest BCUT2D eigenvalue weighted by Gasteiger charge is 2.34. The van der Waals surface area contributed by atoms with Crippen molar-refractivity contribution < 1.29 is 10.2 Å². The quantitative estimate of drug-likeness (QED) is 0.660. The number of hydrogen-bond donors (Lipinski definition) is 2. The summed E-state index contributed by atoms with van der Waals surface area (Å²) in [6.07, 6.45) is 8.77. The Morgan fingerprint density at radius 1 is 1.21 bits per heavy atom. The molecule has 1 rings (SSSR count). The first-order valence-electron chi connectivity index (χ1n) is 4.05. The van der Waals surface area contributed by atoms with Gasteiger partial charge in [-0.3, -0.25) is 0 Å². The zero-order chi connectivity index (χ0) is 10.6. The van der Waals surface area contributed by atoms with Gasteiger partial charge in [0.05, 0.1) is 0 Å². The smallest absolute Gasteiger partial charge is 0.188 e. The van der Waals surface area contributed by atoms with Gasteiger partial charge < -0.3 is 10.2 Å². The van der Waals surface area contributed by atoms with E-state index in [2.05, 4.69) is 5.92 Å². The van der Waals surface area contributed by atoms with Crippen molar-refractivity contribution >= 4 is 0 Å². The second-order valence-electron chi connectivity index (χ2n) is 2.85. The average molecular weight is 186 g/mol. The van der Waals surface area contributed by atoms with Crippen LogP contribution in [0.5, 0.6) is 0 Å². The molecular weight excluding hydrogens is 176 g/mol. The lowest BCUT2D eigenvalue weighted by Gasteiger charge is -2.24. The van der Waals surface area contributed by atoms with Crippen molar-refractivity contribution in [3.63, 3.8) is 0 Å². The molecule has 0 fully saturated rings. The Kier molecular flexibility index (Phi) is 2.94. The topological polar surface area (TPSA) is 40.5 Å². The molecule has 1 unspecified atom stereocenters. The standard InChI is InChI=1S/C12H10O2/c1-3-11(13)12(14,4-2)10-8-6-5-7-9-10/h1-2,5-9,11,13-14H/t11-,12?/m0/s1. The van der Waals surface area contributed by atoms with E-state index < -0.39 is 11.7 Å². The van der Waals surface area contributed by atoms with Gasteiger partial charge in [0.25, 0.3) is 0 Å². The molecule has 0 aromatic heterocycles. The third-order valence-corrected chi connectivity index (χ3v) is 1.99. The molecule has 2 heteroatoms. The molecule has 70 valence electrons. The van der Waals surface area contributed by atoms with E-state index in [0.29, 0.717) is 5.56 Å². The molecule has 0 bridgehead atoms. The van der Waals surface area contributed by atoms with Crippen LogP contribution in [0, 0.1) is 24.7 Å². The Hall–Kier alpha value is -1.74. The number of benzene rings is 1. The zero-order valence-corrected chi connectivity index (χ0v) is 7.51. The molecule has 0 aliphatic carbocycles. The SMILES string of the molecule is C#C[C@H](O)C(O)(C#C)c1ccccc1. The van der Waals surface area contributed by atoms with Gasteiger partial charge in [0.15, 0.2) is 11.7 Å². The molecule has 0 heterocycles. The second-order valence-corrected chi connectivity index (χ2v) is 2.85. The molecule has 0 saturated heterocycles. The van der Waals surface area contributed by atoms with Crippen molar-refractivity contribution in [1.29, 1.82) is 0 Å². The van der Waals surface area contributed by atoms with E-state index in [1.807, 2.05) is 5.92 Å². The summed E-state index contributed by atoms with van der Waals surface area (Å²) in [7, 11) is 0. The van der Waals surface area contributed by atoms with E-state index in [1.54, 1.807) is 30.3 Å². The first-order chi connectivity index (χ1) is 6.65. The van der Waals surface area contributed by atoms with Gasteiger partial charge in [-0.05, 0) is 5.56 Å². The van der Waals surface area contributed by atoms with Crippen molar-refractivity contribution in [3.8, 4) is 24.7 Å². The van der Waals surface area contributed by atoms with Crippen molar-refractivity contribution in [2.24, 2.45) is 0 Å². The lowest BCUT2D eigenvalue weighted by molar-refractivity contribution is -0.00463. The first-order valence-corrected chi connectivity index (χ1v) is 4.05. The van der Waals surface area contributed by atoms with Crippen LogP contribution in [0.2, 0.25) is 0 Å². The molecule has 1 aromatic rings. The number of hydrogen-bond acceptors (Lipinski definition) is 2. The molecule has 0 spiro atoms. The van der Waals surface area contributed by atoms with E-state index in [-0.39, 0.29) is 0 Å². The Morgan fingerprint density at radius 2 is 1.79 bits per heavy atom. The molecule has 14 heavy (non-hydrogen) atoms. The fourth-order valence-corrected chi connectivity index (χ4v) is 1.13. The summed E-state index contributed by atoms with van der Waals surface area (Å²) in [5, 5.41) is 19.3. The Labute approximate surface area is 83.2 Å². The minimum absolute atomic E-state index is 0.410. The lowest BCUT2D eigenvalue weighted by Crippen LogP contribution is -2.37. The van der Waals surface area contributed by atoms with Crippen molar-refractivity contribution in [3.05, 3.63) is 35.9 Å². The van der Waals surface area contributed by atoms with Gasteiger partial charge in [-0.2, -0.15) is 0 Å². The van der Waals surface area contributed by atoms with Gasteiger partial charge in [0.1, 0.15) is 0 Å². The van der Waals surface area contributed by atoms with Crippen molar-refractivity contribution in [2.75, 3.05) is 0 Å². The minimum atomic E-state index is -1.81. The summed E-state index contributed by atoms with van der Waals surface area (Å²) >= 11 is 0. The van der Waals surface area contributed by atoms with Crippen LogP contribution in [-0.2, 0) is 5.60 Å². The Balaban J connectivity index is 3.18. The van der Waals surface area contributed by atoms with Gasteiger partial charge in [-0.25, -0.2) is 0 Å². The molecular formula is C12H10O2. The summed E-state index contributed by atoms with van der Waals surface area (Å²) in [5.41, 5.74) is -1.40. The van der Waals surface area contributed by atoms with Gasteiger partial charge >= 0.3 is 0 Å². The van der Waals surface area contributed by atoms with Crippen LogP contribution in [-0.4, -0.2) is 16.3 Å². The van der Waals surface area contributed by atoms with Gasteiger partial charge in [-0.15, -0.1) is 12.8 Å². The van der Waals surface area contributed by atoms with Gasteiger partial charge in [-0.1, -0.05) is 42.2 Å². The van der Waals surface area contributed by atoms with Crippen LogP contribution in [0.25, 0.3) is 0 Å². The number of aliphatic hydroxyl groups is 2. The number of aliphatic hydroxyl groups excluding tert-OH is 1. The first kappa shape index (κ1) is 10.3. The van der Waals surface area contributed by atoms with E-state index in [1.165, 1.54) is 0 Å². The van der Waals surface area contributed by atoms with E-state index in [0.717, 1.165) is 0 Å². The molecule has 0 saturated carbocycles. The third-order valence-electron chi connectivity index (χ3n) is 1.99. The summed E-state index contributed by atoms with van der Waals surface area (Å²) in [6, 6.07) is 8.42. The van der Waals surface area contributed by atoms with E-state index in [9.17, 15) is 10.2 Å². The van der Waals surface area contributed by atoms with Crippen LogP contribution in [0.1, 0.15) is 5.56 Å². The monoisotopic (exact) mass is 186 g/mol. The molecule has 2 N–H and O–H groups in total. The molecule has 0 aliphatic heterocycles. The summed E-state index contributed by atoms with van der Waals surface area (Å²) in [4.78, 5) is 0. The molecule has 2 atom stereocenters. The van der Waals surface area contributed by atoms with Crippen molar-refractivity contribution in [1.82, 2.24) is 0 Å². The Morgan fingerprint density at radius 3 is 2.21 bits per heavy atom. The van der Waals surface area contributed by atoms with Crippen LogP contribution >= 0.6 is 0 Å². The maximum Gasteiger partial charge on any atom is 0.188 e. The largest absolute Gasteiger partial charge is 0.376 e. The van der Waals surface area contributed by atoms with E-state index in [4.69, 9.17) is 12.8 Å². The highest BCUT2D eigenvalue weighted by molar-refractivity contribution is 5.34. The van der Waals surface area contributed by atoms with Crippen LogP contribution < -0.4 is 0 Å². The highest BCUT2D eigenvalue weighted by atomic mass is 16.3. The minimum Gasteiger partial charge on any atom is -0.376 e.